The second-order valence-electron chi connectivity index (χ2n) is 5.06. The molecule has 0 aromatic carbocycles. The molecule has 3 aromatic rings. The molecule has 0 saturated carbocycles. The molecule has 3 heterocycles. The Morgan fingerprint density at radius 3 is 2.91 bits per heavy atom. The lowest BCUT2D eigenvalue weighted by molar-refractivity contribution is 0.370. The van der Waals surface area contributed by atoms with Gasteiger partial charge in [-0.15, -0.1) is 11.3 Å². The van der Waals surface area contributed by atoms with Gasteiger partial charge >= 0.3 is 0 Å². The van der Waals surface area contributed by atoms with Crippen LogP contribution in [0.4, 0.5) is 5.82 Å². The van der Waals surface area contributed by atoms with Crippen LogP contribution in [0.15, 0.2) is 12.4 Å². The Labute approximate surface area is 133 Å². The minimum absolute atomic E-state index is 0.626. The quantitative estimate of drug-likeness (QED) is 0.784. The van der Waals surface area contributed by atoms with Crippen molar-refractivity contribution in [3.8, 4) is 5.88 Å². The standard InChI is InChI=1S/C15H19N5OS/c1-5-12-11(15(21-4)20(3)19-12)7-16-13-10-6-9(2)22-14(10)18-8-17-13/h6,8H,5,7H2,1-4H3,(H,16,17,18). The molecule has 7 heteroatoms. The smallest absolute Gasteiger partial charge is 0.216 e. The molecular formula is C15H19N5OS. The number of hydrogen-bond acceptors (Lipinski definition) is 6. The molecule has 0 atom stereocenters. The molecule has 0 aliphatic heterocycles. The number of hydrogen-bond donors (Lipinski definition) is 1. The van der Waals surface area contributed by atoms with Crippen LogP contribution in [0.3, 0.4) is 0 Å². The van der Waals surface area contributed by atoms with Crippen LogP contribution in [-0.2, 0) is 20.0 Å². The summed E-state index contributed by atoms with van der Waals surface area (Å²) in [6, 6.07) is 2.11. The largest absolute Gasteiger partial charge is 0.481 e. The summed E-state index contributed by atoms with van der Waals surface area (Å²) in [4.78, 5) is 10.9. The van der Waals surface area contributed by atoms with Crippen LogP contribution in [0.1, 0.15) is 23.1 Å². The second-order valence-corrected chi connectivity index (χ2v) is 6.30. The van der Waals surface area contributed by atoms with E-state index >= 15 is 0 Å². The Bertz CT molecular complexity index is 808. The molecular weight excluding hydrogens is 298 g/mol. The first-order valence-electron chi connectivity index (χ1n) is 7.17. The highest BCUT2D eigenvalue weighted by Crippen LogP contribution is 2.29. The average molecular weight is 317 g/mol. The third-order valence-electron chi connectivity index (χ3n) is 3.58. The maximum absolute atomic E-state index is 5.47. The van der Waals surface area contributed by atoms with Crippen molar-refractivity contribution in [3.05, 3.63) is 28.5 Å². The summed E-state index contributed by atoms with van der Waals surface area (Å²) in [7, 11) is 3.57. The fraction of sp³-hybridized carbons (Fsp3) is 0.400. The number of aromatic nitrogens is 4. The lowest BCUT2D eigenvalue weighted by atomic mass is 10.2. The Hall–Kier alpha value is -2.15. The topological polar surface area (TPSA) is 64.9 Å². The van der Waals surface area contributed by atoms with E-state index in [2.05, 4.69) is 40.3 Å². The lowest BCUT2D eigenvalue weighted by Gasteiger charge is -2.08. The van der Waals surface area contributed by atoms with Crippen LogP contribution < -0.4 is 10.1 Å². The predicted octanol–water partition coefficient (Wildman–Crippen LogP) is 2.92. The van der Waals surface area contributed by atoms with Crippen molar-refractivity contribution in [2.75, 3.05) is 12.4 Å². The molecule has 0 unspecified atom stereocenters. The zero-order valence-corrected chi connectivity index (χ0v) is 14.0. The van der Waals surface area contributed by atoms with E-state index in [1.165, 1.54) is 4.88 Å². The molecule has 0 spiro atoms. The summed E-state index contributed by atoms with van der Waals surface area (Å²) in [5.41, 5.74) is 2.12. The van der Waals surface area contributed by atoms with Crippen molar-refractivity contribution < 1.29 is 4.74 Å². The van der Waals surface area contributed by atoms with Crippen molar-refractivity contribution in [3.63, 3.8) is 0 Å². The number of thiophene rings is 1. The number of fused-ring (bicyclic) bond motifs is 1. The maximum atomic E-state index is 5.47. The van der Waals surface area contributed by atoms with Gasteiger partial charge in [0.05, 0.1) is 23.8 Å². The van der Waals surface area contributed by atoms with E-state index in [1.54, 1.807) is 29.5 Å². The van der Waals surface area contributed by atoms with Gasteiger partial charge < -0.3 is 10.1 Å². The molecule has 0 aliphatic carbocycles. The normalized spacial score (nSPS) is 11.1. The number of anilines is 1. The molecule has 3 rings (SSSR count). The van der Waals surface area contributed by atoms with Gasteiger partial charge in [0.25, 0.3) is 0 Å². The summed E-state index contributed by atoms with van der Waals surface area (Å²) in [6.45, 7) is 4.80. The predicted molar refractivity (Wildman–Crippen MR) is 88.6 cm³/mol. The van der Waals surface area contributed by atoms with Gasteiger partial charge in [0, 0.05) is 18.5 Å². The Balaban J connectivity index is 1.91. The third kappa shape index (κ3) is 2.52. The molecule has 0 radical (unpaired) electrons. The van der Waals surface area contributed by atoms with Crippen molar-refractivity contribution >= 4 is 27.4 Å². The molecule has 1 N–H and O–H groups in total. The minimum Gasteiger partial charge on any atom is -0.481 e. The molecule has 22 heavy (non-hydrogen) atoms. The molecule has 0 fully saturated rings. The Morgan fingerprint density at radius 2 is 2.18 bits per heavy atom. The van der Waals surface area contributed by atoms with E-state index in [1.807, 2.05) is 7.05 Å². The lowest BCUT2D eigenvalue weighted by Crippen LogP contribution is -2.05. The number of nitrogens with one attached hydrogen (secondary N) is 1. The maximum Gasteiger partial charge on any atom is 0.216 e. The summed E-state index contributed by atoms with van der Waals surface area (Å²) < 4.78 is 7.25. The molecule has 0 saturated heterocycles. The van der Waals surface area contributed by atoms with Gasteiger partial charge in [0.1, 0.15) is 17.0 Å². The van der Waals surface area contributed by atoms with Crippen LogP contribution in [0.25, 0.3) is 10.2 Å². The van der Waals surface area contributed by atoms with Gasteiger partial charge in [-0.05, 0) is 19.4 Å². The third-order valence-corrected chi connectivity index (χ3v) is 4.54. The van der Waals surface area contributed by atoms with Crippen LogP contribution >= 0.6 is 11.3 Å². The van der Waals surface area contributed by atoms with Gasteiger partial charge in [0.15, 0.2) is 0 Å². The second kappa shape index (κ2) is 5.92. The number of methoxy groups -OCH3 is 1. The van der Waals surface area contributed by atoms with Gasteiger partial charge in [-0.1, -0.05) is 6.92 Å². The highest BCUT2D eigenvalue weighted by molar-refractivity contribution is 7.18. The number of rotatable bonds is 5. The van der Waals surface area contributed by atoms with E-state index < -0.39 is 0 Å². The Morgan fingerprint density at radius 1 is 1.36 bits per heavy atom. The first kappa shape index (κ1) is 14.8. The molecule has 0 aliphatic rings. The van der Waals surface area contributed by atoms with E-state index in [-0.39, 0.29) is 0 Å². The SMILES string of the molecule is CCc1nn(C)c(OC)c1CNc1ncnc2sc(C)cc12. The number of ether oxygens (including phenoxy) is 1. The molecule has 116 valence electrons. The molecule has 6 nitrogen and oxygen atoms in total. The summed E-state index contributed by atoms with van der Waals surface area (Å²) in [5.74, 6) is 1.64. The zero-order chi connectivity index (χ0) is 15.7. The zero-order valence-electron chi connectivity index (χ0n) is 13.2. The van der Waals surface area contributed by atoms with Crippen LogP contribution in [-0.4, -0.2) is 26.9 Å². The van der Waals surface area contributed by atoms with Gasteiger partial charge in [-0.25, -0.2) is 14.6 Å². The van der Waals surface area contributed by atoms with Crippen molar-refractivity contribution in [1.29, 1.82) is 0 Å². The molecule has 0 bridgehead atoms. The number of nitrogens with zero attached hydrogens (tertiary/aromatic N) is 4. The highest BCUT2D eigenvalue weighted by atomic mass is 32.1. The molecule has 0 amide bonds. The van der Waals surface area contributed by atoms with Gasteiger partial charge in [-0.2, -0.15) is 5.10 Å². The highest BCUT2D eigenvalue weighted by Gasteiger charge is 2.16. The first-order valence-corrected chi connectivity index (χ1v) is 7.99. The average Bonchev–Trinajstić information content (AvgIpc) is 3.03. The number of aryl methyl sites for hydroxylation is 3. The van der Waals surface area contributed by atoms with Crippen molar-refractivity contribution in [2.45, 2.75) is 26.8 Å². The van der Waals surface area contributed by atoms with Crippen LogP contribution in [0.2, 0.25) is 0 Å². The van der Waals surface area contributed by atoms with E-state index in [0.29, 0.717) is 6.54 Å². The fourth-order valence-corrected chi connectivity index (χ4v) is 3.46. The molecule has 3 aromatic heterocycles. The van der Waals surface area contributed by atoms with Gasteiger partial charge in [0.2, 0.25) is 5.88 Å². The first-order chi connectivity index (χ1) is 10.6. The fourth-order valence-electron chi connectivity index (χ4n) is 2.61. The van der Waals surface area contributed by atoms with E-state index in [4.69, 9.17) is 4.74 Å². The van der Waals surface area contributed by atoms with Crippen molar-refractivity contribution in [2.24, 2.45) is 7.05 Å². The van der Waals surface area contributed by atoms with Crippen LogP contribution in [0.5, 0.6) is 5.88 Å². The summed E-state index contributed by atoms with van der Waals surface area (Å²) >= 11 is 1.68. The summed E-state index contributed by atoms with van der Waals surface area (Å²) in [6.07, 6.45) is 2.47. The van der Waals surface area contributed by atoms with Crippen LogP contribution in [0, 0.1) is 6.92 Å². The van der Waals surface area contributed by atoms with E-state index in [9.17, 15) is 0 Å². The van der Waals surface area contributed by atoms with Crippen molar-refractivity contribution in [1.82, 2.24) is 19.7 Å². The summed E-state index contributed by atoms with van der Waals surface area (Å²) in [5, 5.41) is 8.96. The van der Waals surface area contributed by atoms with Gasteiger partial charge in [-0.3, -0.25) is 0 Å². The van der Waals surface area contributed by atoms with E-state index in [0.717, 1.165) is 39.6 Å². The monoisotopic (exact) mass is 317 g/mol. The Kier molecular flexibility index (Phi) is 3.98. The minimum atomic E-state index is 0.626.